The number of carbonyl (C=O) groups is 1. The van der Waals surface area contributed by atoms with Gasteiger partial charge >= 0.3 is 0 Å². The van der Waals surface area contributed by atoms with Gasteiger partial charge in [-0.1, -0.05) is 6.07 Å². The molecule has 1 aromatic heterocycles. The zero-order valence-corrected chi connectivity index (χ0v) is 20.8. The Morgan fingerprint density at radius 1 is 1.30 bits per heavy atom. The Morgan fingerprint density at radius 2 is 2.07 bits per heavy atom. The molecule has 0 saturated carbocycles. The summed E-state index contributed by atoms with van der Waals surface area (Å²) in [6, 6.07) is 6.41. The maximum Gasteiger partial charge on any atom is 0.246 e. The molecule has 9 heteroatoms. The highest BCUT2D eigenvalue weighted by Crippen LogP contribution is 2.19. The molecule has 30 heavy (non-hydrogen) atoms. The molecule has 1 fully saturated rings. The number of nitrogens with zero attached hydrogens (tertiary/aromatic N) is 6. The summed E-state index contributed by atoms with van der Waals surface area (Å²) in [5.74, 6) is 0.837. The summed E-state index contributed by atoms with van der Waals surface area (Å²) >= 11 is 0. The van der Waals surface area contributed by atoms with Crippen LogP contribution in [0.15, 0.2) is 35.6 Å². The second-order valence-corrected chi connectivity index (χ2v) is 7.51. The van der Waals surface area contributed by atoms with Gasteiger partial charge in [-0.2, -0.15) is 5.10 Å². The van der Waals surface area contributed by atoms with Crippen molar-refractivity contribution in [2.45, 2.75) is 20.4 Å². The third-order valence-corrected chi connectivity index (χ3v) is 5.10. The number of piperazine rings is 1. The molecule has 3 rings (SSSR count). The lowest BCUT2D eigenvalue weighted by Crippen LogP contribution is -2.55. The van der Waals surface area contributed by atoms with Gasteiger partial charge in [-0.25, -0.2) is 4.99 Å². The number of aromatic nitrogens is 2. The van der Waals surface area contributed by atoms with Crippen LogP contribution in [0.4, 0.5) is 11.4 Å². The number of hydrogen-bond donors (Lipinski definition) is 1. The van der Waals surface area contributed by atoms with Crippen molar-refractivity contribution in [3.63, 3.8) is 0 Å². The normalized spacial score (nSPS) is 14.6. The van der Waals surface area contributed by atoms with Gasteiger partial charge in [0.25, 0.3) is 0 Å². The lowest BCUT2D eigenvalue weighted by molar-refractivity contribution is -0.120. The van der Waals surface area contributed by atoms with Crippen LogP contribution in [0.2, 0.25) is 0 Å². The largest absolute Gasteiger partial charge is 0.378 e. The number of nitrogens with one attached hydrogen (secondary N) is 1. The molecule has 1 saturated heterocycles. The molecule has 0 aliphatic carbocycles. The number of halogens is 1. The highest BCUT2D eigenvalue weighted by molar-refractivity contribution is 14.0. The molecule has 1 aliphatic rings. The number of anilines is 2. The molecule has 0 bridgehead atoms. The Bertz CT molecular complexity index is 893. The second kappa shape index (κ2) is 10.6. The van der Waals surface area contributed by atoms with Crippen LogP contribution in [0.5, 0.6) is 0 Å². The minimum atomic E-state index is 0. The van der Waals surface area contributed by atoms with E-state index in [1.807, 2.05) is 39.2 Å². The molecule has 8 nitrogen and oxygen atoms in total. The van der Waals surface area contributed by atoms with Gasteiger partial charge in [0.2, 0.25) is 5.91 Å². The first-order chi connectivity index (χ1) is 13.9. The maximum atomic E-state index is 12.7. The predicted molar refractivity (Wildman–Crippen MR) is 133 cm³/mol. The number of rotatable bonds is 5. The molecule has 0 unspecified atom stereocenters. The molecule has 0 spiro atoms. The van der Waals surface area contributed by atoms with Gasteiger partial charge in [-0.3, -0.25) is 9.48 Å². The molecule has 2 aromatic rings. The summed E-state index contributed by atoms with van der Waals surface area (Å²) in [5.41, 5.74) is 4.43. The van der Waals surface area contributed by atoms with E-state index in [-0.39, 0.29) is 29.9 Å². The number of aliphatic imine (C=N–C) groups is 1. The fraction of sp³-hybridized carbons (Fsp3) is 0.476. The average molecular weight is 525 g/mol. The Balaban J connectivity index is 0.00000320. The van der Waals surface area contributed by atoms with E-state index in [4.69, 9.17) is 4.99 Å². The highest BCUT2D eigenvalue weighted by Gasteiger charge is 2.27. The zero-order chi connectivity index (χ0) is 21.0. The highest BCUT2D eigenvalue weighted by atomic mass is 127. The van der Waals surface area contributed by atoms with Crippen LogP contribution >= 0.6 is 24.0 Å². The number of benzene rings is 1. The van der Waals surface area contributed by atoms with Crippen molar-refractivity contribution in [3.05, 3.63) is 41.7 Å². The SMILES string of the molecule is CCNC(=NCc1ccc(N(C)C)cc1C)N1CCN(c2cnn(C)c2)C(=O)C1.I. The van der Waals surface area contributed by atoms with E-state index in [9.17, 15) is 4.79 Å². The third-order valence-electron chi connectivity index (χ3n) is 5.10. The van der Waals surface area contributed by atoms with Crippen LogP contribution in [0.3, 0.4) is 0 Å². The van der Waals surface area contributed by atoms with Gasteiger partial charge in [0.05, 0.1) is 18.4 Å². The average Bonchev–Trinajstić information content (AvgIpc) is 3.11. The summed E-state index contributed by atoms with van der Waals surface area (Å²) in [5, 5.41) is 7.50. The summed E-state index contributed by atoms with van der Waals surface area (Å²) in [4.78, 5) is 23.4. The van der Waals surface area contributed by atoms with Crippen LogP contribution in [-0.2, 0) is 18.4 Å². The van der Waals surface area contributed by atoms with Gasteiger partial charge in [0.15, 0.2) is 5.96 Å². The summed E-state index contributed by atoms with van der Waals surface area (Å²) in [6.45, 7) is 7.14. The maximum absolute atomic E-state index is 12.7. The smallest absolute Gasteiger partial charge is 0.246 e. The first-order valence-corrected chi connectivity index (χ1v) is 9.98. The van der Waals surface area contributed by atoms with Gasteiger partial charge in [0.1, 0.15) is 6.54 Å². The third kappa shape index (κ3) is 5.65. The van der Waals surface area contributed by atoms with Crippen molar-refractivity contribution in [1.82, 2.24) is 20.0 Å². The molecule has 0 radical (unpaired) electrons. The van der Waals surface area contributed by atoms with E-state index in [0.29, 0.717) is 19.6 Å². The van der Waals surface area contributed by atoms with Crippen LogP contribution < -0.4 is 15.1 Å². The van der Waals surface area contributed by atoms with Crippen molar-refractivity contribution in [2.75, 3.05) is 50.1 Å². The minimum absolute atomic E-state index is 0. The van der Waals surface area contributed by atoms with Gasteiger partial charge in [-0.05, 0) is 37.1 Å². The first-order valence-electron chi connectivity index (χ1n) is 9.98. The summed E-state index contributed by atoms with van der Waals surface area (Å²) in [7, 11) is 5.93. The number of amides is 1. The first kappa shape index (κ1) is 24.0. The predicted octanol–water partition coefficient (Wildman–Crippen LogP) is 2.23. The minimum Gasteiger partial charge on any atom is -0.378 e. The van der Waals surface area contributed by atoms with Crippen LogP contribution in [0.25, 0.3) is 0 Å². The van der Waals surface area contributed by atoms with E-state index >= 15 is 0 Å². The van der Waals surface area contributed by atoms with Crippen molar-refractivity contribution in [1.29, 1.82) is 0 Å². The van der Waals surface area contributed by atoms with E-state index in [0.717, 1.165) is 24.7 Å². The fourth-order valence-corrected chi connectivity index (χ4v) is 3.40. The summed E-state index contributed by atoms with van der Waals surface area (Å²) in [6.07, 6.45) is 3.60. The zero-order valence-electron chi connectivity index (χ0n) is 18.4. The standard InChI is InChI=1S/C21H31N7O.HI/c1-6-22-21(23-12-17-7-8-18(25(3)4)11-16(17)2)27-9-10-28(20(29)15-27)19-13-24-26(5)14-19;/h7-8,11,13-14H,6,9-10,12,15H2,1-5H3,(H,22,23);1H. The lowest BCUT2D eigenvalue weighted by atomic mass is 10.1. The number of aryl methyl sites for hydroxylation is 2. The molecule has 2 heterocycles. The van der Waals surface area contributed by atoms with Crippen molar-refractivity contribution in [2.24, 2.45) is 12.0 Å². The topological polar surface area (TPSA) is 69.0 Å². The molecule has 1 amide bonds. The van der Waals surface area contributed by atoms with Gasteiger partial charge in [0, 0.05) is 52.7 Å². The molecular formula is C21H32IN7O. The van der Waals surface area contributed by atoms with E-state index in [1.165, 1.54) is 16.8 Å². The van der Waals surface area contributed by atoms with Gasteiger partial charge in [-0.15, -0.1) is 24.0 Å². The van der Waals surface area contributed by atoms with E-state index < -0.39 is 0 Å². The van der Waals surface area contributed by atoms with E-state index in [2.05, 4.69) is 40.4 Å². The second-order valence-electron chi connectivity index (χ2n) is 7.51. The lowest BCUT2D eigenvalue weighted by Gasteiger charge is -2.35. The molecule has 164 valence electrons. The quantitative estimate of drug-likeness (QED) is 0.369. The molecule has 1 aliphatic heterocycles. The monoisotopic (exact) mass is 525 g/mol. The van der Waals surface area contributed by atoms with Crippen LogP contribution in [0, 0.1) is 6.92 Å². The number of hydrogen-bond acceptors (Lipinski definition) is 4. The Morgan fingerprint density at radius 3 is 2.63 bits per heavy atom. The van der Waals surface area contributed by atoms with Crippen molar-refractivity contribution < 1.29 is 4.79 Å². The number of carbonyl (C=O) groups excluding carboxylic acids is 1. The van der Waals surface area contributed by atoms with Crippen LogP contribution in [-0.4, -0.2) is 66.8 Å². The molecular weight excluding hydrogens is 493 g/mol. The fourth-order valence-electron chi connectivity index (χ4n) is 3.40. The molecule has 1 N–H and O–H groups in total. The van der Waals surface area contributed by atoms with Crippen LogP contribution in [0.1, 0.15) is 18.1 Å². The number of guanidine groups is 1. The molecule has 1 aromatic carbocycles. The Kier molecular flexibility index (Phi) is 8.51. The Hall–Kier alpha value is -2.30. The Labute approximate surface area is 195 Å². The molecule has 0 atom stereocenters. The van der Waals surface area contributed by atoms with Crippen molar-refractivity contribution in [3.8, 4) is 0 Å². The summed E-state index contributed by atoms with van der Waals surface area (Å²) < 4.78 is 1.71. The van der Waals surface area contributed by atoms with Gasteiger partial charge < -0.3 is 20.0 Å². The van der Waals surface area contributed by atoms with E-state index in [1.54, 1.807) is 15.8 Å². The van der Waals surface area contributed by atoms with Crippen molar-refractivity contribution >= 4 is 47.2 Å².